The Hall–Kier alpha value is -3.35. The number of rotatable bonds is 9. The molecule has 1 unspecified atom stereocenters. The Morgan fingerprint density at radius 1 is 0.879 bits per heavy atom. The van der Waals surface area contributed by atoms with E-state index in [1.807, 2.05) is 12.1 Å². The van der Waals surface area contributed by atoms with Crippen molar-refractivity contribution in [2.24, 2.45) is 0 Å². The number of benzene rings is 3. The number of carbonyl (C=O) groups excluding carboxylic acids is 3. The molecule has 0 bridgehead atoms. The van der Waals surface area contributed by atoms with Crippen LogP contribution in [0.2, 0.25) is 10.0 Å². The average molecular weight is 486 g/mol. The molecule has 0 radical (unpaired) electrons. The third-order valence-electron chi connectivity index (χ3n) is 4.56. The standard InChI is InChI=1S/C25H21Cl2NO5/c1-16(25(31)17-6-8-18(26)9-7-17)32-24(30)15-14-23(29)28-19-10-12-20(13-11-19)33-22-5-3-2-4-21(22)27/h2-13,16H,14-15H2,1H3,(H,28,29). The first-order valence-electron chi connectivity index (χ1n) is 10.1. The highest BCUT2D eigenvalue weighted by Gasteiger charge is 2.20. The number of esters is 1. The van der Waals surface area contributed by atoms with Crippen molar-refractivity contribution in [1.82, 2.24) is 0 Å². The Kier molecular flexibility index (Phi) is 8.46. The van der Waals surface area contributed by atoms with Gasteiger partial charge in [-0.1, -0.05) is 35.3 Å². The number of ketones is 1. The molecule has 0 spiro atoms. The van der Waals surface area contributed by atoms with Gasteiger partial charge in [0.2, 0.25) is 11.7 Å². The van der Waals surface area contributed by atoms with E-state index in [0.717, 1.165) is 0 Å². The second kappa shape index (κ2) is 11.5. The summed E-state index contributed by atoms with van der Waals surface area (Å²) in [5.41, 5.74) is 0.936. The maximum Gasteiger partial charge on any atom is 0.307 e. The largest absolute Gasteiger partial charge is 0.456 e. The van der Waals surface area contributed by atoms with Crippen molar-refractivity contribution in [3.05, 3.63) is 88.4 Å². The fourth-order valence-electron chi connectivity index (χ4n) is 2.86. The maximum atomic E-state index is 12.3. The molecule has 0 saturated heterocycles. The molecule has 8 heteroatoms. The molecule has 0 heterocycles. The molecule has 33 heavy (non-hydrogen) atoms. The van der Waals surface area contributed by atoms with Crippen molar-refractivity contribution in [2.75, 3.05) is 5.32 Å². The molecule has 1 atom stereocenters. The van der Waals surface area contributed by atoms with Crippen LogP contribution in [0.25, 0.3) is 0 Å². The molecular formula is C25H21Cl2NO5. The number of Topliss-reactive ketones (excluding diaryl/α,β-unsaturated/α-hetero) is 1. The van der Waals surface area contributed by atoms with Gasteiger partial charge < -0.3 is 14.8 Å². The number of hydrogen-bond acceptors (Lipinski definition) is 5. The van der Waals surface area contributed by atoms with Gasteiger partial charge in [0.1, 0.15) is 11.5 Å². The first kappa shape index (κ1) is 24.3. The molecule has 0 fully saturated rings. The first-order valence-corrected chi connectivity index (χ1v) is 10.9. The van der Waals surface area contributed by atoms with Crippen molar-refractivity contribution in [3.63, 3.8) is 0 Å². The topological polar surface area (TPSA) is 81.7 Å². The molecule has 1 amide bonds. The fourth-order valence-corrected chi connectivity index (χ4v) is 3.16. The first-order chi connectivity index (χ1) is 15.8. The summed E-state index contributed by atoms with van der Waals surface area (Å²) in [6.07, 6.45) is -1.21. The monoisotopic (exact) mass is 485 g/mol. The predicted octanol–water partition coefficient (Wildman–Crippen LogP) is 6.32. The smallest absolute Gasteiger partial charge is 0.307 e. The van der Waals surface area contributed by atoms with Gasteiger partial charge in [0, 0.05) is 22.7 Å². The van der Waals surface area contributed by atoms with Gasteiger partial charge in [-0.3, -0.25) is 14.4 Å². The van der Waals surface area contributed by atoms with Crippen LogP contribution in [0.1, 0.15) is 30.1 Å². The quantitative estimate of drug-likeness (QED) is 0.283. The summed E-state index contributed by atoms with van der Waals surface area (Å²) in [4.78, 5) is 36.5. The van der Waals surface area contributed by atoms with Crippen molar-refractivity contribution in [1.29, 1.82) is 0 Å². The molecule has 0 aliphatic carbocycles. The van der Waals surface area contributed by atoms with Crippen molar-refractivity contribution < 1.29 is 23.9 Å². The Morgan fingerprint density at radius 2 is 1.55 bits per heavy atom. The van der Waals surface area contributed by atoms with Gasteiger partial charge >= 0.3 is 5.97 Å². The van der Waals surface area contributed by atoms with Gasteiger partial charge in [0.05, 0.1) is 11.4 Å². The molecule has 0 aromatic heterocycles. The van der Waals surface area contributed by atoms with Gasteiger partial charge in [0.25, 0.3) is 0 Å². The number of ether oxygens (including phenoxy) is 2. The van der Waals surface area contributed by atoms with Crippen LogP contribution in [0.3, 0.4) is 0 Å². The molecule has 0 saturated carbocycles. The second-order valence-electron chi connectivity index (χ2n) is 7.11. The highest BCUT2D eigenvalue weighted by Crippen LogP contribution is 2.29. The predicted molar refractivity (Wildman–Crippen MR) is 127 cm³/mol. The van der Waals surface area contributed by atoms with Gasteiger partial charge in [-0.2, -0.15) is 0 Å². The minimum atomic E-state index is -0.965. The lowest BCUT2D eigenvalue weighted by molar-refractivity contribution is -0.147. The molecule has 0 aliphatic rings. The number of halogens is 2. The van der Waals surface area contributed by atoms with Crippen LogP contribution in [0.15, 0.2) is 72.8 Å². The molecule has 0 aliphatic heterocycles. The fraction of sp³-hybridized carbons (Fsp3) is 0.160. The Bertz CT molecular complexity index is 1130. The molecule has 3 rings (SSSR count). The van der Waals surface area contributed by atoms with Gasteiger partial charge in [-0.05, 0) is 67.6 Å². The second-order valence-corrected chi connectivity index (χ2v) is 7.95. The van der Waals surface area contributed by atoms with Crippen molar-refractivity contribution >= 4 is 46.5 Å². The Labute approximate surface area is 201 Å². The lowest BCUT2D eigenvalue weighted by Crippen LogP contribution is -2.25. The zero-order chi connectivity index (χ0) is 23.8. The summed E-state index contributed by atoms with van der Waals surface area (Å²) >= 11 is 11.9. The zero-order valence-electron chi connectivity index (χ0n) is 17.7. The van der Waals surface area contributed by atoms with E-state index in [9.17, 15) is 14.4 Å². The minimum Gasteiger partial charge on any atom is -0.456 e. The number of hydrogen-bond donors (Lipinski definition) is 1. The Morgan fingerprint density at radius 3 is 2.21 bits per heavy atom. The molecule has 3 aromatic rings. The highest BCUT2D eigenvalue weighted by molar-refractivity contribution is 6.32. The van der Waals surface area contributed by atoms with E-state index in [1.54, 1.807) is 60.7 Å². The summed E-state index contributed by atoms with van der Waals surface area (Å²) in [5.74, 6) is -0.252. The molecule has 3 aromatic carbocycles. The van der Waals surface area contributed by atoms with Crippen LogP contribution in [-0.4, -0.2) is 23.8 Å². The minimum absolute atomic E-state index is 0.0848. The van der Waals surface area contributed by atoms with E-state index in [4.69, 9.17) is 32.7 Å². The number of anilines is 1. The van der Waals surface area contributed by atoms with Gasteiger partial charge in [0.15, 0.2) is 6.10 Å². The number of nitrogens with one attached hydrogen (secondary N) is 1. The maximum absolute atomic E-state index is 12.3. The summed E-state index contributed by atoms with van der Waals surface area (Å²) in [5, 5.41) is 3.70. The SMILES string of the molecule is CC(OC(=O)CCC(=O)Nc1ccc(Oc2ccccc2Cl)cc1)C(=O)c1ccc(Cl)cc1. The van der Waals surface area contributed by atoms with Crippen LogP contribution >= 0.6 is 23.2 Å². The van der Waals surface area contributed by atoms with E-state index >= 15 is 0 Å². The van der Waals surface area contributed by atoms with E-state index < -0.39 is 12.1 Å². The van der Waals surface area contributed by atoms with E-state index in [1.165, 1.54) is 6.92 Å². The van der Waals surface area contributed by atoms with Gasteiger partial charge in [-0.15, -0.1) is 0 Å². The number of para-hydroxylation sites is 1. The average Bonchev–Trinajstić information content (AvgIpc) is 2.80. The van der Waals surface area contributed by atoms with Crippen molar-refractivity contribution in [2.45, 2.75) is 25.9 Å². The van der Waals surface area contributed by atoms with E-state index in [2.05, 4.69) is 5.32 Å². The highest BCUT2D eigenvalue weighted by atomic mass is 35.5. The summed E-state index contributed by atoms with van der Waals surface area (Å²) < 4.78 is 10.9. The summed E-state index contributed by atoms with van der Waals surface area (Å²) in [7, 11) is 0. The molecule has 1 N–H and O–H groups in total. The summed E-state index contributed by atoms with van der Waals surface area (Å²) in [6.45, 7) is 1.49. The van der Waals surface area contributed by atoms with Crippen LogP contribution in [-0.2, 0) is 14.3 Å². The van der Waals surface area contributed by atoms with Crippen LogP contribution < -0.4 is 10.1 Å². The lowest BCUT2D eigenvalue weighted by Gasteiger charge is -2.12. The van der Waals surface area contributed by atoms with Crippen molar-refractivity contribution in [3.8, 4) is 11.5 Å². The number of carbonyl (C=O) groups is 3. The molecule has 6 nitrogen and oxygen atoms in total. The molecule has 170 valence electrons. The summed E-state index contributed by atoms with van der Waals surface area (Å²) in [6, 6.07) is 20.1. The number of amides is 1. The zero-order valence-corrected chi connectivity index (χ0v) is 19.2. The van der Waals surface area contributed by atoms with E-state index in [0.29, 0.717) is 32.8 Å². The normalized spacial score (nSPS) is 11.4. The van der Waals surface area contributed by atoms with Crippen LogP contribution in [0.5, 0.6) is 11.5 Å². The van der Waals surface area contributed by atoms with Crippen LogP contribution in [0.4, 0.5) is 5.69 Å². The third kappa shape index (κ3) is 7.34. The van der Waals surface area contributed by atoms with Gasteiger partial charge in [-0.25, -0.2) is 0 Å². The molecular weight excluding hydrogens is 465 g/mol. The van der Waals surface area contributed by atoms with Crippen LogP contribution in [0, 0.1) is 0 Å². The van der Waals surface area contributed by atoms with E-state index in [-0.39, 0.29) is 24.5 Å². The Balaban J connectivity index is 1.44. The third-order valence-corrected chi connectivity index (χ3v) is 5.13. The lowest BCUT2D eigenvalue weighted by atomic mass is 10.1.